The van der Waals surface area contributed by atoms with Crippen LogP contribution in [0.4, 0.5) is 34.1 Å². The van der Waals surface area contributed by atoms with E-state index in [1.54, 1.807) is 0 Å². The van der Waals surface area contributed by atoms with Crippen molar-refractivity contribution in [2.24, 2.45) is 0 Å². The molecule has 4 heterocycles. The van der Waals surface area contributed by atoms with Gasteiger partial charge in [-0.15, -0.1) is 0 Å². The van der Waals surface area contributed by atoms with Gasteiger partial charge in [0.05, 0.1) is 22.4 Å². The summed E-state index contributed by atoms with van der Waals surface area (Å²) in [7, 11) is 0. The van der Waals surface area contributed by atoms with E-state index >= 15 is 0 Å². The number of nitrogens with zero attached hydrogens (tertiary/aromatic N) is 4. The first kappa shape index (κ1) is 35.4. The molecule has 59 heavy (non-hydrogen) atoms. The molecule has 2 aliphatic heterocycles. The van der Waals surface area contributed by atoms with E-state index in [4.69, 9.17) is 0 Å². The largest absolute Gasteiger partial charge is 0.314 e. The topological polar surface area (TPSA) is 16.3 Å². The summed E-state index contributed by atoms with van der Waals surface area (Å²) in [6.45, 7) is 7.02. The molecule has 0 fully saturated rings. The minimum atomic E-state index is 0.0799. The Bertz CT molecular complexity index is 2730. The highest BCUT2D eigenvalue weighted by atomic mass is 15.2. The lowest BCUT2D eigenvalue weighted by Crippen LogP contribution is -2.59. The summed E-state index contributed by atoms with van der Waals surface area (Å²) in [4.78, 5) is 4.88. The van der Waals surface area contributed by atoms with Gasteiger partial charge in [-0.3, -0.25) is 0 Å². The zero-order valence-electron chi connectivity index (χ0n) is 34.1. The van der Waals surface area contributed by atoms with E-state index in [1.807, 2.05) is 0 Å². The number of benzene rings is 7. The molecule has 0 unspecified atom stereocenters. The van der Waals surface area contributed by atoms with Crippen molar-refractivity contribution < 1.29 is 0 Å². The monoisotopic (exact) mass is 762 g/mol. The smallest absolute Gasteiger partial charge is 0.252 e. The van der Waals surface area contributed by atoms with E-state index < -0.39 is 0 Å². The number of anilines is 6. The van der Waals surface area contributed by atoms with Gasteiger partial charge in [0.25, 0.3) is 6.71 Å². The molecule has 2 aromatic heterocycles. The van der Waals surface area contributed by atoms with Gasteiger partial charge in [-0.2, -0.15) is 0 Å². The Morgan fingerprint density at radius 3 is 1.20 bits per heavy atom. The van der Waals surface area contributed by atoms with Gasteiger partial charge >= 0.3 is 0 Å². The van der Waals surface area contributed by atoms with Gasteiger partial charge < -0.3 is 18.9 Å². The van der Waals surface area contributed by atoms with Crippen LogP contribution in [0, 0.1) is 0 Å². The molecule has 0 radical (unpaired) electrons. The Hall–Kier alpha value is -6.72. The molecule has 11 rings (SSSR count). The highest BCUT2D eigenvalue weighted by Crippen LogP contribution is 2.45. The van der Waals surface area contributed by atoms with Gasteiger partial charge in [0, 0.05) is 56.3 Å². The minimum absolute atomic E-state index is 0.0799. The molecule has 7 aromatic carbocycles. The van der Waals surface area contributed by atoms with Crippen LogP contribution in [0.5, 0.6) is 0 Å². The number of fused-ring (bicyclic) bond motifs is 4. The van der Waals surface area contributed by atoms with Crippen LogP contribution >= 0.6 is 0 Å². The predicted molar refractivity (Wildman–Crippen MR) is 251 cm³/mol. The summed E-state index contributed by atoms with van der Waals surface area (Å²) in [6, 6.07) is 63.1. The average molecular weight is 763 g/mol. The van der Waals surface area contributed by atoms with E-state index in [1.165, 1.54) is 90.7 Å². The Morgan fingerprint density at radius 2 is 0.847 bits per heavy atom. The van der Waals surface area contributed by atoms with Crippen LogP contribution in [-0.2, 0) is 19.3 Å². The second kappa shape index (κ2) is 14.3. The van der Waals surface area contributed by atoms with Crippen molar-refractivity contribution in [1.29, 1.82) is 0 Å². The fraction of sp³-hybridized carbons (Fsp3) is 0.148. The maximum Gasteiger partial charge on any atom is 0.252 e. The number of hydrogen-bond acceptors (Lipinski definition) is 2. The molecule has 0 aliphatic carbocycles. The first-order valence-corrected chi connectivity index (χ1v) is 21.5. The van der Waals surface area contributed by atoms with E-state index in [0.29, 0.717) is 0 Å². The van der Waals surface area contributed by atoms with Crippen LogP contribution in [-0.4, -0.2) is 15.8 Å². The van der Waals surface area contributed by atoms with Gasteiger partial charge in [-0.25, -0.2) is 0 Å². The second-order valence-corrected chi connectivity index (χ2v) is 16.1. The summed E-state index contributed by atoms with van der Waals surface area (Å²) in [5.74, 6) is 0. The predicted octanol–water partition coefficient (Wildman–Crippen LogP) is 12.1. The number of aryl methyl sites for hydroxylation is 3. The molecule has 0 amide bonds. The van der Waals surface area contributed by atoms with E-state index in [-0.39, 0.29) is 6.71 Å². The Balaban J connectivity index is 1.22. The third kappa shape index (κ3) is 5.44. The first-order chi connectivity index (χ1) is 29.2. The Labute approximate surface area is 347 Å². The highest BCUT2D eigenvalue weighted by Gasteiger charge is 2.42. The van der Waals surface area contributed by atoms with Crippen LogP contribution in [0.25, 0.3) is 33.2 Å². The normalized spacial score (nSPS) is 12.3. The maximum atomic E-state index is 2.64. The minimum Gasteiger partial charge on any atom is -0.314 e. The van der Waals surface area contributed by atoms with E-state index in [0.717, 1.165) is 42.0 Å². The van der Waals surface area contributed by atoms with Gasteiger partial charge in [0.2, 0.25) is 0 Å². The number of para-hydroxylation sites is 4. The molecule has 2 aliphatic rings. The number of aromatic nitrogens is 2. The lowest BCUT2D eigenvalue weighted by atomic mass is 9.34. The van der Waals surface area contributed by atoms with Crippen LogP contribution in [0.15, 0.2) is 170 Å². The van der Waals surface area contributed by atoms with Crippen molar-refractivity contribution in [2.75, 3.05) is 9.80 Å². The molecule has 0 saturated carbocycles. The van der Waals surface area contributed by atoms with Gasteiger partial charge in [0.15, 0.2) is 0 Å². The molecule has 0 N–H and O–H groups in total. The summed E-state index contributed by atoms with van der Waals surface area (Å²) >= 11 is 0. The third-order valence-corrected chi connectivity index (χ3v) is 12.8. The molecule has 4 nitrogen and oxygen atoms in total. The third-order valence-electron chi connectivity index (χ3n) is 12.8. The SMILES string of the molecule is CCCCc1cc2c3c(c1)-n1c(CC)cc4c(N(c5ccccc5)c5ccccc5)ccc(c41)B3c1ccc(N(c3ccccc3)c3ccccc3)c3cc(CC)n-2c13. The number of unbranched alkanes of at least 4 members (excludes halogenated alkanes) is 1. The van der Waals surface area contributed by atoms with E-state index in [2.05, 4.69) is 210 Å². The van der Waals surface area contributed by atoms with E-state index in [9.17, 15) is 0 Å². The quantitative estimate of drug-likeness (QED) is 0.122. The maximum absolute atomic E-state index is 2.64. The first-order valence-electron chi connectivity index (χ1n) is 21.5. The number of hydrogen-bond donors (Lipinski definition) is 0. The molecule has 0 atom stereocenters. The molecule has 5 heteroatoms. The van der Waals surface area contributed by atoms with Crippen molar-refractivity contribution >= 4 is 79.0 Å². The molecular formula is C54H47BN4. The standard InChI is InChI=1S/C54H47BN4/c1-4-7-20-37-33-50-52-51(34-37)59-39(6-3)36-45-49(57(42-25-16-10-17-26-42)43-27-18-11-19-28-43)32-30-47(54(45)59)55(52)46-29-31-48(44-35-38(5-2)58(50)53(44)46)56(40-21-12-8-13-22-40)41-23-14-9-15-24-41/h8-19,21-36H,4-7,20H2,1-3H3. The average Bonchev–Trinajstić information content (AvgIpc) is 3.89. The summed E-state index contributed by atoms with van der Waals surface area (Å²) in [6.07, 6.45) is 5.26. The van der Waals surface area contributed by atoms with Gasteiger partial charge in [0.1, 0.15) is 0 Å². The lowest BCUT2D eigenvalue weighted by Gasteiger charge is -2.36. The molecular weight excluding hydrogens is 715 g/mol. The molecule has 0 spiro atoms. The molecule has 9 aromatic rings. The van der Waals surface area contributed by atoms with Gasteiger partial charge in [-0.1, -0.05) is 112 Å². The Kier molecular flexibility index (Phi) is 8.58. The summed E-state index contributed by atoms with van der Waals surface area (Å²) in [5, 5.41) is 2.58. The zero-order valence-corrected chi connectivity index (χ0v) is 34.1. The lowest BCUT2D eigenvalue weighted by molar-refractivity contribution is 0.793. The van der Waals surface area contributed by atoms with Crippen LogP contribution in [0.3, 0.4) is 0 Å². The van der Waals surface area contributed by atoms with Crippen LogP contribution < -0.4 is 26.2 Å². The van der Waals surface area contributed by atoms with Gasteiger partial charge in [-0.05, 0) is 133 Å². The van der Waals surface area contributed by atoms with Crippen molar-refractivity contribution in [3.05, 3.63) is 187 Å². The summed E-state index contributed by atoms with van der Waals surface area (Å²) in [5.41, 5.74) is 20.7. The number of rotatable bonds is 11. The van der Waals surface area contributed by atoms with Crippen molar-refractivity contribution in [3.8, 4) is 11.4 Å². The second-order valence-electron chi connectivity index (χ2n) is 16.1. The Morgan fingerprint density at radius 1 is 0.458 bits per heavy atom. The van der Waals surface area contributed by atoms with Crippen LogP contribution in [0.1, 0.15) is 50.6 Å². The fourth-order valence-electron chi connectivity index (χ4n) is 10.2. The van der Waals surface area contributed by atoms with Crippen molar-refractivity contribution in [1.82, 2.24) is 9.13 Å². The van der Waals surface area contributed by atoms with Crippen LogP contribution in [0.2, 0.25) is 0 Å². The molecule has 286 valence electrons. The van der Waals surface area contributed by atoms with Crippen molar-refractivity contribution in [2.45, 2.75) is 52.9 Å². The zero-order chi connectivity index (χ0) is 39.6. The molecule has 0 saturated heterocycles. The fourth-order valence-corrected chi connectivity index (χ4v) is 10.2. The molecule has 0 bridgehead atoms. The van der Waals surface area contributed by atoms with Crippen molar-refractivity contribution in [3.63, 3.8) is 0 Å². The summed E-state index contributed by atoms with van der Waals surface area (Å²) < 4.78 is 5.29. The highest BCUT2D eigenvalue weighted by molar-refractivity contribution is 7.00.